The molecule has 2 aromatic rings. The third kappa shape index (κ3) is 2.07. The second-order valence-electron chi connectivity index (χ2n) is 3.55. The van der Waals surface area contributed by atoms with Gasteiger partial charge in [-0.15, -0.1) is 0 Å². The van der Waals surface area contributed by atoms with Gasteiger partial charge in [0.2, 0.25) is 0 Å². The number of rotatable bonds is 4. The number of fused-ring (bicyclic) bond motifs is 1. The van der Waals surface area contributed by atoms with Crippen LogP contribution in [0.3, 0.4) is 0 Å². The van der Waals surface area contributed by atoms with Crippen molar-refractivity contribution >= 4 is 23.4 Å². The molecule has 0 radical (unpaired) electrons. The van der Waals surface area contributed by atoms with Gasteiger partial charge in [-0.05, 0) is 6.42 Å². The van der Waals surface area contributed by atoms with Crippen molar-refractivity contribution in [1.29, 1.82) is 0 Å². The molecule has 4 nitrogen and oxygen atoms in total. The second-order valence-corrected chi connectivity index (χ2v) is 3.94. The van der Waals surface area contributed by atoms with Crippen LogP contribution in [-0.2, 0) is 6.54 Å². The number of nitrogens with zero attached hydrogens (tertiary/aromatic N) is 3. The van der Waals surface area contributed by atoms with Crippen molar-refractivity contribution in [1.82, 2.24) is 19.5 Å². The van der Waals surface area contributed by atoms with E-state index in [1.807, 2.05) is 6.33 Å². The lowest BCUT2D eigenvalue weighted by atomic mass is 10.2. The van der Waals surface area contributed by atoms with E-state index >= 15 is 0 Å². The first kappa shape index (κ1) is 10.3. The highest BCUT2D eigenvalue weighted by molar-refractivity contribution is 7.71. The van der Waals surface area contributed by atoms with Crippen LogP contribution in [0.15, 0.2) is 12.7 Å². The molecule has 0 saturated carbocycles. The van der Waals surface area contributed by atoms with Gasteiger partial charge < -0.3 is 9.55 Å². The van der Waals surface area contributed by atoms with E-state index in [1.54, 1.807) is 6.33 Å². The van der Waals surface area contributed by atoms with Crippen LogP contribution < -0.4 is 0 Å². The van der Waals surface area contributed by atoms with Crippen molar-refractivity contribution in [2.75, 3.05) is 0 Å². The van der Waals surface area contributed by atoms with E-state index < -0.39 is 0 Å². The summed E-state index contributed by atoms with van der Waals surface area (Å²) in [6, 6.07) is 0. The molecule has 0 aliphatic carbocycles. The maximum Gasteiger partial charge on any atom is 0.160 e. The molecule has 2 rings (SSSR count). The Hall–Kier alpha value is -1.23. The smallest absolute Gasteiger partial charge is 0.160 e. The van der Waals surface area contributed by atoms with Crippen LogP contribution in [0.4, 0.5) is 0 Å². The molecule has 0 unspecified atom stereocenters. The van der Waals surface area contributed by atoms with Crippen LogP contribution >= 0.6 is 12.2 Å². The van der Waals surface area contributed by atoms with Crippen LogP contribution in [0, 0.1) is 4.64 Å². The molecular weight excluding hydrogens is 208 g/mol. The van der Waals surface area contributed by atoms with Gasteiger partial charge in [0, 0.05) is 6.54 Å². The van der Waals surface area contributed by atoms with Gasteiger partial charge >= 0.3 is 0 Å². The standard InChI is InChI=1S/C10H14N4S/c1-2-3-4-5-14-7-13-9-8(14)10(15)12-6-11-9/h6-7H,2-5H2,1H3,(H,11,12,15). The Bertz CT molecular complexity index is 499. The molecule has 0 aromatic carbocycles. The van der Waals surface area contributed by atoms with E-state index in [9.17, 15) is 0 Å². The van der Waals surface area contributed by atoms with E-state index in [-0.39, 0.29) is 0 Å². The Balaban J connectivity index is 2.32. The third-order valence-electron chi connectivity index (χ3n) is 2.43. The number of H-pyrrole nitrogens is 1. The number of aromatic amines is 1. The number of aryl methyl sites for hydroxylation is 1. The summed E-state index contributed by atoms with van der Waals surface area (Å²) in [5, 5.41) is 0. The summed E-state index contributed by atoms with van der Waals surface area (Å²) in [7, 11) is 0. The summed E-state index contributed by atoms with van der Waals surface area (Å²) in [6.45, 7) is 3.16. The SMILES string of the molecule is CCCCCn1cnc2[nH]cnc(=S)c21. The van der Waals surface area contributed by atoms with Gasteiger partial charge in [-0.3, -0.25) is 0 Å². The Kier molecular flexibility index (Phi) is 3.11. The molecule has 2 heterocycles. The Morgan fingerprint density at radius 1 is 1.40 bits per heavy atom. The van der Waals surface area contributed by atoms with Gasteiger partial charge in [0.15, 0.2) is 10.3 Å². The van der Waals surface area contributed by atoms with Crippen LogP contribution in [0.5, 0.6) is 0 Å². The van der Waals surface area contributed by atoms with Crippen molar-refractivity contribution < 1.29 is 0 Å². The van der Waals surface area contributed by atoms with Gasteiger partial charge in [0.1, 0.15) is 5.52 Å². The van der Waals surface area contributed by atoms with Crippen LogP contribution in [-0.4, -0.2) is 19.5 Å². The zero-order valence-corrected chi connectivity index (χ0v) is 9.55. The van der Waals surface area contributed by atoms with E-state index in [4.69, 9.17) is 12.2 Å². The van der Waals surface area contributed by atoms with Gasteiger partial charge in [-0.25, -0.2) is 9.97 Å². The molecule has 2 aromatic heterocycles. The molecule has 0 atom stereocenters. The molecule has 0 aliphatic heterocycles. The first-order chi connectivity index (χ1) is 7.33. The summed E-state index contributed by atoms with van der Waals surface area (Å²) in [5.41, 5.74) is 1.77. The van der Waals surface area contributed by atoms with Gasteiger partial charge in [-0.2, -0.15) is 0 Å². The number of imidazole rings is 1. The van der Waals surface area contributed by atoms with Crippen LogP contribution in [0.25, 0.3) is 11.2 Å². The molecule has 0 amide bonds. The maximum absolute atomic E-state index is 5.18. The molecule has 0 spiro atoms. The van der Waals surface area contributed by atoms with E-state index in [0.717, 1.165) is 24.1 Å². The van der Waals surface area contributed by atoms with Crippen LogP contribution in [0.1, 0.15) is 26.2 Å². The summed E-state index contributed by atoms with van der Waals surface area (Å²) < 4.78 is 2.70. The second kappa shape index (κ2) is 4.53. The van der Waals surface area contributed by atoms with Crippen molar-refractivity contribution in [2.24, 2.45) is 0 Å². The molecule has 0 fully saturated rings. The molecule has 0 saturated heterocycles. The van der Waals surface area contributed by atoms with Crippen molar-refractivity contribution in [2.45, 2.75) is 32.7 Å². The molecule has 1 N–H and O–H groups in total. The van der Waals surface area contributed by atoms with E-state index in [2.05, 4.69) is 26.4 Å². The van der Waals surface area contributed by atoms with Gasteiger partial charge in [0.05, 0.1) is 12.7 Å². The number of hydrogen-bond acceptors (Lipinski definition) is 3. The summed E-state index contributed by atoms with van der Waals surface area (Å²) >= 11 is 5.18. The van der Waals surface area contributed by atoms with Crippen molar-refractivity contribution in [3.8, 4) is 0 Å². The van der Waals surface area contributed by atoms with Crippen LogP contribution in [0.2, 0.25) is 0 Å². The first-order valence-corrected chi connectivity index (χ1v) is 5.62. The molecule has 0 bridgehead atoms. The molecule has 80 valence electrons. The Morgan fingerprint density at radius 3 is 3.07 bits per heavy atom. The Morgan fingerprint density at radius 2 is 2.27 bits per heavy atom. The monoisotopic (exact) mass is 222 g/mol. The largest absolute Gasteiger partial charge is 0.329 e. The highest BCUT2D eigenvalue weighted by Gasteiger charge is 2.03. The van der Waals surface area contributed by atoms with E-state index in [1.165, 1.54) is 12.8 Å². The number of hydrogen-bond donors (Lipinski definition) is 1. The van der Waals surface area contributed by atoms with Crippen molar-refractivity contribution in [3.63, 3.8) is 0 Å². The lowest BCUT2D eigenvalue weighted by Gasteiger charge is -2.02. The van der Waals surface area contributed by atoms with E-state index in [0.29, 0.717) is 4.64 Å². The summed E-state index contributed by atoms with van der Waals surface area (Å²) in [6.07, 6.45) is 7.03. The minimum Gasteiger partial charge on any atom is -0.329 e. The fourth-order valence-corrected chi connectivity index (χ4v) is 1.89. The number of aromatic nitrogens is 4. The fraction of sp³-hybridized carbons (Fsp3) is 0.500. The predicted octanol–water partition coefficient (Wildman–Crippen LogP) is 2.68. The fourth-order valence-electron chi connectivity index (χ4n) is 1.63. The minimum absolute atomic E-state index is 0.623. The topological polar surface area (TPSA) is 46.5 Å². The summed E-state index contributed by atoms with van der Waals surface area (Å²) in [4.78, 5) is 11.3. The lowest BCUT2D eigenvalue weighted by Crippen LogP contribution is -1.97. The Labute approximate surface area is 93.4 Å². The normalized spacial score (nSPS) is 11.0. The maximum atomic E-state index is 5.18. The van der Waals surface area contributed by atoms with Gasteiger partial charge in [0.25, 0.3) is 0 Å². The average molecular weight is 222 g/mol. The molecule has 0 aliphatic rings. The predicted molar refractivity (Wildman–Crippen MR) is 62.2 cm³/mol. The third-order valence-corrected chi connectivity index (χ3v) is 2.72. The van der Waals surface area contributed by atoms with Crippen molar-refractivity contribution in [3.05, 3.63) is 17.3 Å². The number of unbranched alkanes of at least 4 members (excludes halogenated alkanes) is 2. The molecule has 5 heteroatoms. The summed E-state index contributed by atoms with van der Waals surface area (Å²) in [5.74, 6) is 0. The first-order valence-electron chi connectivity index (χ1n) is 5.21. The zero-order valence-electron chi connectivity index (χ0n) is 8.73. The molecular formula is C10H14N4S. The van der Waals surface area contributed by atoms with Gasteiger partial charge in [-0.1, -0.05) is 32.0 Å². The highest BCUT2D eigenvalue weighted by atomic mass is 32.1. The highest BCUT2D eigenvalue weighted by Crippen LogP contribution is 2.11. The average Bonchev–Trinajstić information content (AvgIpc) is 2.63. The number of nitrogens with one attached hydrogen (secondary N) is 1. The molecule has 15 heavy (non-hydrogen) atoms. The lowest BCUT2D eigenvalue weighted by molar-refractivity contribution is 0.612. The zero-order chi connectivity index (χ0) is 10.7. The quantitative estimate of drug-likeness (QED) is 0.639. The minimum atomic E-state index is 0.623.